The molecule has 3 rings (SSSR count). The Hall–Kier alpha value is -0.650. The summed E-state index contributed by atoms with van der Waals surface area (Å²) in [7, 11) is 0. The number of morpholine rings is 1. The quantitative estimate of drug-likeness (QED) is 0.848. The molecule has 5 heteroatoms. The fourth-order valence-corrected chi connectivity index (χ4v) is 4.18. The van der Waals surface area contributed by atoms with Gasteiger partial charge < -0.3 is 15.0 Å². The Morgan fingerprint density at radius 2 is 1.64 bits per heavy atom. The van der Waals surface area contributed by atoms with Crippen LogP contribution in [0.15, 0.2) is 0 Å². The molecular formula is C17H31N3O2. The molecule has 22 heavy (non-hydrogen) atoms. The lowest BCUT2D eigenvalue weighted by molar-refractivity contribution is -0.140. The van der Waals surface area contributed by atoms with E-state index in [2.05, 4.69) is 15.1 Å². The Balaban J connectivity index is 1.64. The van der Waals surface area contributed by atoms with Gasteiger partial charge in [-0.15, -0.1) is 0 Å². The molecule has 0 radical (unpaired) electrons. The Morgan fingerprint density at radius 1 is 1.00 bits per heavy atom. The van der Waals surface area contributed by atoms with Crippen molar-refractivity contribution >= 4 is 5.91 Å². The minimum Gasteiger partial charge on any atom is -0.379 e. The average Bonchev–Trinajstić information content (AvgIpc) is 2.58. The molecule has 0 aromatic heterocycles. The van der Waals surface area contributed by atoms with E-state index >= 15 is 0 Å². The fraction of sp³-hybridized carbons (Fsp3) is 0.941. The lowest BCUT2D eigenvalue weighted by Crippen LogP contribution is -2.55. The van der Waals surface area contributed by atoms with Crippen LogP contribution in [-0.2, 0) is 9.53 Å². The van der Waals surface area contributed by atoms with Crippen LogP contribution in [0.3, 0.4) is 0 Å². The molecule has 5 nitrogen and oxygen atoms in total. The summed E-state index contributed by atoms with van der Waals surface area (Å²) in [6.45, 7) is 6.03. The van der Waals surface area contributed by atoms with E-state index in [1.165, 1.54) is 32.1 Å². The minimum absolute atomic E-state index is 0.362. The van der Waals surface area contributed by atoms with E-state index in [4.69, 9.17) is 4.74 Å². The van der Waals surface area contributed by atoms with E-state index in [0.29, 0.717) is 24.5 Å². The van der Waals surface area contributed by atoms with Crippen molar-refractivity contribution in [2.45, 2.75) is 57.0 Å². The first kappa shape index (κ1) is 16.2. The lowest BCUT2D eigenvalue weighted by atomic mass is 9.91. The third-order valence-corrected chi connectivity index (χ3v) is 5.42. The normalized spacial score (nSPS) is 26.0. The van der Waals surface area contributed by atoms with Crippen LogP contribution < -0.4 is 5.32 Å². The highest BCUT2D eigenvalue weighted by Crippen LogP contribution is 2.27. The Kier molecular flexibility index (Phi) is 6.10. The maximum Gasteiger partial charge on any atom is 0.237 e. The maximum atomic E-state index is 13.0. The highest BCUT2D eigenvalue weighted by atomic mass is 16.5. The molecule has 0 atom stereocenters. The molecule has 1 aliphatic carbocycles. The lowest BCUT2D eigenvalue weighted by Gasteiger charge is -2.43. The van der Waals surface area contributed by atoms with Crippen molar-refractivity contribution in [1.82, 2.24) is 15.1 Å². The molecule has 0 unspecified atom stereocenters. The second kappa shape index (κ2) is 8.27. The predicted octanol–water partition coefficient (Wildman–Crippen LogP) is 1.23. The molecule has 1 amide bonds. The zero-order chi connectivity index (χ0) is 15.2. The summed E-state index contributed by atoms with van der Waals surface area (Å²) >= 11 is 0. The molecule has 3 aliphatic rings. The number of rotatable bonds is 4. The molecule has 0 aromatic rings. The van der Waals surface area contributed by atoms with Crippen LogP contribution >= 0.6 is 0 Å². The molecule has 2 aliphatic heterocycles. The molecule has 3 fully saturated rings. The third-order valence-electron chi connectivity index (χ3n) is 5.42. The van der Waals surface area contributed by atoms with Gasteiger partial charge in [0.15, 0.2) is 0 Å². The van der Waals surface area contributed by atoms with Crippen molar-refractivity contribution in [2.24, 2.45) is 0 Å². The second-order valence-corrected chi connectivity index (χ2v) is 6.96. The monoisotopic (exact) mass is 309 g/mol. The van der Waals surface area contributed by atoms with Crippen molar-refractivity contribution < 1.29 is 9.53 Å². The van der Waals surface area contributed by atoms with Crippen molar-refractivity contribution in [3.05, 3.63) is 0 Å². The zero-order valence-electron chi connectivity index (χ0n) is 13.8. The van der Waals surface area contributed by atoms with Crippen LogP contribution in [0.5, 0.6) is 0 Å². The smallest absolute Gasteiger partial charge is 0.237 e. The van der Waals surface area contributed by atoms with Gasteiger partial charge in [0.2, 0.25) is 5.91 Å². The first-order chi connectivity index (χ1) is 10.8. The van der Waals surface area contributed by atoms with Crippen LogP contribution in [0.2, 0.25) is 0 Å². The topological polar surface area (TPSA) is 44.8 Å². The average molecular weight is 309 g/mol. The molecule has 1 N–H and O–H groups in total. The zero-order valence-corrected chi connectivity index (χ0v) is 13.8. The summed E-state index contributed by atoms with van der Waals surface area (Å²) in [6.07, 6.45) is 8.57. The number of hydrogen-bond donors (Lipinski definition) is 1. The van der Waals surface area contributed by atoms with Gasteiger partial charge in [-0.25, -0.2) is 0 Å². The van der Waals surface area contributed by atoms with Gasteiger partial charge in [0.1, 0.15) is 0 Å². The third kappa shape index (κ3) is 4.21. The number of ether oxygens (including phenoxy) is 1. The number of carbonyl (C=O) groups excluding carboxylic acids is 1. The maximum absolute atomic E-state index is 13.0. The van der Waals surface area contributed by atoms with Gasteiger partial charge in [-0.1, -0.05) is 19.3 Å². The molecule has 0 aromatic carbocycles. The van der Waals surface area contributed by atoms with Gasteiger partial charge in [-0.05, 0) is 38.8 Å². The van der Waals surface area contributed by atoms with Crippen LogP contribution in [0, 0.1) is 0 Å². The number of hydrogen-bond acceptors (Lipinski definition) is 4. The molecule has 1 saturated carbocycles. The van der Waals surface area contributed by atoms with Crippen LogP contribution in [-0.4, -0.2) is 73.7 Å². The standard InChI is InChI=1S/C17H31N3O2/c21-17(14-19-10-12-22-13-11-19)20(15-4-2-1-3-5-15)16-6-8-18-9-7-16/h15-16,18H,1-14H2. The van der Waals surface area contributed by atoms with E-state index in [-0.39, 0.29) is 0 Å². The summed E-state index contributed by atoms with van der Waals surface area (Å²) in [5.41, 5.74) is 0. The van der Waals surface area contributed by atoms with Gasteiger partial charge in [0.05, 0.1) is 19.8 Å². The van der Waals surface area contributed by atoms with Crippen molar-refractivity contribution in [2.75, 3.05) is 45.9 Å². The van der Waals surface area contributed by atoms with Gasteiger partial charge in [-0.2, -0.15) is 0 Å². The number of nitrogens with one attached hydrogen (secondary N) is 1. The summed E-state index contributed by atoms with van der Waals surface area (Å²) < 4.78 is 5.40. The van der Waals surface area contributed by atoms with Crippen LogP contribution in [0.25, 0.3) is 0 Å². The summed E-state index contributed by atoms with van der Waals surface area (Å²) in [6, 6.07) is 0.947. The van der Waals surface area contributed by atoms with Crippen molar-refractivity contribution in [3.8, 4) is 0 Å². The molecule has 0 spiro atoms. The van der Waals surface area contributed by atoms with Gasteiger partial charge >= 0.3 is 0 Å². The first-order valence-corrected chi connectivity index (χ1v) is 9.16. The highest BCUT2D eigenvalue weighted by Gasteiger charge is 2.33. The van der Waals surface area contributed by atoms with Gasteiger partial charge in [-0.3, -0.25) is 9.69 Å². The number of amides is 1. The molecule has 126 valence electrons. The molecule has 2 saturated heterocycles. The first-order valence-electron chi connectivity index (χ1n) is 9.16. The summed E-state index contributed by atoms with van der Waals surface area (Å²) in [5.74, 6) is 0.362. The van der Waals surface area contributed by atoms with Crippen molar-refractivity contribution in [1.29, 1.82) is 0 Å². The highest BCUT2D eigenvalue weighted by molar-refractivity contribution is 5.79. The number of nitrogens with zero attached hydrogens (tertiary/aromatic N) is 2. The van der Waals surface area contributed by atoms with E-state index in [1.54, 1.807) is 0 Å². The second-order valence-electron chi connectivity index (χ2n) is 6.96. The molecular weight excluding hydrogens is 278 g/mol. The molecule has 0 bridgehead atoms. The number of piperidine rings is 1. The SMILES string of the molecule is O=C(CN1CCOCC1)N(C1CCCCC1)C1CCNCC1. The van der Waals surface area contributed by atoms with E-state index in [9.17, 15) is 4.79 Å². The van der Waals surface area contributed by atoms with E-state index in [0.717, 1.165) is 52.2 Å². The minimum atomic E-state index is 0.362. The molecule has 2 heterocycles. The Morgan fingerprint density at radius 3 is 2.32 bits per heavy atom. The largest absolute Gasteiger partial charge is 0.379 e. The van der Waals surface area contributed by atoms with Crippen molar-refractivity contribution in [3.63, 3.8) is 0 Å². The van der Waals surface area contributed by atoms with Gasteiger partial charge in [0, 0.05) is 25.2 Å². The van der Waals surface area contributed by atoms with Crippen LogP contribution in [0.1, 0.15) is 44.9 Å². The Bertz CT molecular complexity index is 328. The fourth-order valence-electron chi connectivity index (χ4n) is 4.18. The van der Waals surface area contributed by atoms with Crippen LogP contribution in [0.4, 0.5) is 0 Å². The summed E-state index contributed by atoms with van der Waals surface area (Å²) in [4.78, 5) is 17.6. The van der Waals surface area contributed by atoms with E-state index < -0.39 is 0 Å². The van der Waals surface area contributed by atoms with E-state index in [1.807, 2.05) is 0 Å². The van der Waals surface area contributed by atoms with Gasteiger partial charge in [0.25, 0.3) is 0 Å². The Labute approximate surface area is 134 Å². The predicted molar refractivity (Wildman–Crippen MR) is 86.9 cm³/mol. The summed E-state index contributed by atoms with van der Waals surface area (Å²) in [5, 5.41) is 3.43. The number of carbonyl (C=O) groups is 1.